The Balaban J connectivity index is 1.81. The van der Waals surface area contributed by atoms with Crippen LogP contribution in [0.2, 0.25) is 0 Å². The van der Waals surface area contributed by atoms with Gasteiger partial charge in [-0.1, -0.05) is 44.2 Å². The molecule has 0 unspecified atom stereocenters. The van der Waals surface area contributed by atoms with Crippen molar-refractivity contribution < 1.29 is 23.1 Å². The fourth-order valence-corrected chi connectivity index (χ4v) is 5.07. The summed E-state index contributed by atoms with van der Waals surface area (Å²) in [6, 6.07) is 15.5. The van der Waals surface area contributed by atoms with Gasteiger partial charge in [-0.15, -0.1) is 6.58 Å². The van der Waals surface area contributed by atoms with Crippen molar-refractivity contribution in [2.24, 2.45) is 5.73 Å². The molecule has 43 heavy (non-hydrogen) atoms. The molecule has 0 saturated heterocycles. The highest BCUT2D eigenvalue weighted by Crippen LogP contribution is 2.17. The van der Waals surface area contributed by atoms with E-state index >= 15 is 0 Å². The van der Waals surface area contributed by atoms with Crippen LogP contribution in [0.25, 0.3) is 0 Å². The molecule has 0 spiro atoms. The Morgan fingerprint density at radius 3 is 2.26 bits per heavy atom. The highest BCUT2D eigenvalue weighted by Gasteiger charge is 2.25. The minimum absolute atomic E-state index is 0.0870. The number of hydrogen-bond donors (Lipinski definition) is 2. The molecule has 0 aliphatic heterocycles. The smallest absolute Gasteiger partial charge is 0.338 e. The molecular formula is C35H43F2N3O3. The number of carbonyl (C=O) groups is 2. The molecule has 0 aliphatic carbocycles. The number of esters is 1. The molecule has 3 aromatic carbocycles. The van der Waals surface area contributed by atoms with Crippen LogP contribution < -0.4 is 11.1 Å². The number of nitrogens with one attached hydrogen (secondary N) is 1. The number of hydrogen-bond acceptors (Lipinski definition) is 5. The lowest BCUT2D eigenvalue weighted by atomic mass is 10.0. The predicted molar refractivity (Wildman–Crippen MR) is 167 cm³/mol. The van der Waals surface area contributed by atoms with Crippen molar-refractivity contribution >= 4 is 11.9 Å². The number of nitrogens with two attached hydrogens (primary N) is 1. The summed E-state index contributed by atoms with van der Waals surface area (Å²) in [6.07, 6.45) is 3.50. The first-order valence-electron chi connectivity index (χ1n) is 14.8. The molecule has 6 nitrogen and oxygen atoms in total. The maximum atomic E-state index is 13.9. The molecule has 230 valence electrons. The summed E-state index contributed by atoms with van der Waals surface area (Å²) < 4.78 is 33.7. The summed E-state index contributed by atoms with van der Waals surface area (Å²) in [4.78, 5) is 28.5. The van der Waals surface area contributed by atoms with Crippen LogP contribution in [-0.2, 0) is 24.1 Å². The SMILES string of the molecule is C=CCc1cccc(CNC[C@@H](OC(=O)c2cc(C)cc(C(=O)N(CCC)CCC)c2)[C@@H](N)Cc2cc(F)cc(F)c2)c1. The van der Waals surface area contributed by atoms with E-state index in [1.807, 2.05) is 45.0 Å². The molecular weight excluding hydrogens is 548 g/mol. The topological polar surface area (TPSA) is 84.7 Å². The monoisotopic (exact) mass is 591 g/mol. The molecule has 3 rings (SSSR count). The van der Waals surface area contributed by atoms with Gasteiger partial charge in [0.25, 0.3) is 5.91 Å². The van der Waals surface area contributed by atoms with Gasteiger partial charge in [-0.2, -0.15) is 0 Å². The van der Waals surface area contributed by atoms with E-state index in [-0.39, 0.29) is 24.4 Å². The third kappa shape index (κ3) is 10.4. The van der Waals surface area contributed by atoms with Crippen molar-refractivity contribution in [1.29, 1.82) is 0 Å². The highest BCUT2D eigenvalue weighted by molar-refractivity contribution is 5.98. The largest absolute Gasteiger partial charge is 0.456 e. The van der Waals surface area contributed by atoms with Crippen LogP contribution in [0.1, 0.15) is 69.7 Å². The molecule has 3 aromatic rings. The molecule has 2 atom stereocenters. The Labute approximate surface area is 253 Å². The average Bonchev–Trinajstić information content (AvgIpc) is 2.95. The van der Waals surface area contributed by atoms with Gasteiger partial charge in [-0.3, -0.25) is 4.79 Å². The van der Waals surface area contributed by atoms with Gasteiger partial charge in [0, 0.05) is 43.9 Å². The second-order valence-electron chi connectivity index (χ2n) is 10.9. The zero-order valence-electron chi connectivity index (χ0n) is 25.4. The number of aryl methyl sites for hydroxylation is 1. The third-order valence-electron chi connectivity index (χ3n) is 7.01. The average molecular weight is 592 g/mol. The highest BCUT2D eigenvalue weighted by atomic mass is 19.1. The predicted octanol–water partition coefficient (Wildman–Crippen LogP) is 6.15. The standard InChI is InChI=1S/C35H43F2N3O3/c1-5-9-25-10-8-11-26(16-25)22-39-23-33(32(38)19-27-17-30(36)21-31(37)18-27)43-35(42)29-15-24(4)14-28(20-29)34(41)40(12-6-2)13-7-3/h5,8,10-11,14-18,20-21,32-33,39H,1,6-7,9,12-13,19,22-23,38H2,2-4H3/t32-,33+/m0/s1. The Bertz CT molecular complexity index is 1370. The molecule has 8 heteroatoms. The van der Waals surface area contributed by atoms with Crippen molar-refractivity contribution in [1.82, 2.24) is 10.2 Å². The van der Waals surface area contributed by atoms with Gasteiger partial charge in [0.15, 0.2) is 0 Å². The van der Waals surface area contributed by atoms with E-state index in [0.29, 0.717) is 30.8 Å². The summed E-state index contributed by atoms with van der Waals surface area (Å²) in [5, 5.41) is 3.31. The third-order valence-corrected chi connectivity index (χ3v) is 7.01. The number of allylic oxidation sites excluding steroid dienone is 1. The van der Waals surface area contributed by atoms with E-state index in [1.165, 1.54) is 12.1 Å². The van der Waals surface area contributed by atoms with Gasteiger partial charge in [-0.25, -0.2) is 13.6 Å². The lowest BCUT2D eigenvalue weighted by molar-refractivity contribution is 0.0238. The molecule has 0 heterocycles. The lowest BCUT2D eigenvalue weighted by Gasteiger charge is -2.25. The summed E-state index contributed by atoms with van der Waals surface area (Å²) in [6.45, 7) is 11.6. The molecule has 1 amide bonds. The normalized spacial score (nSPS) is 12.4. The number of carbonyl (C=O) groups excluding carboxylic acids is 2. The Morgan fingerprint density at radius 2 is 1.60 bits per heavy atom. The molecule has 0 bridgehead atoms. The second-order valence-corrected chi connectivity index (χ2v) is 10.9. The first-order chi connectivity index (χ1) is 20.6. The Morgan fingerprint density at radius 1 is 0.953 bits per heavy atom. The number of nitrogens with zero attached hydrogens (tertiary/aromatic N) is 1. The Hall–Kier alpha value is -3.88. The zero-order valence-corrected chi connectivity index (χ0v) is 25.4. The van der Waals surface area contributed by atoms with Gasteiger partial charge in [0.1, 0.15) is 17.7 Å². The second kappa shape index (κ2) is 16.7. The van der Waals surface area contributed by atoms with Crippen molar-refractivity contribution in [3.05, 3.63) is 118 Å². The van der Waals surface area contributed by atoms with E-state index in [4.69, 9.17) is 10.5 Å². The zero-order chi connectivity index (χ0) is 31.4. The van der Waals surface area contributed by atoms with Crippen LogP contribution in [-0.4, -0.2) is 48.6 Å². The number of rotatable bonds is 16. The van der Waals surface area contributed by atoms with Crippen molar-refractivity contribution in [3.8, 4) is 0 Å². The van der Waals surface area contributed by atoms with Crippen LogP contribution in [0.4, 0.5) is 8.78 Å². The maximum absolute atomic E-state index is 13.9. The van der Waals surface area contributed by atoms with E-state index in [2.05, 4.69) is 18.0 Å². The number of halogens is 2. The number of benzene rings is 3. The maximum Gasteiger partial charge on any atom is 0.338 e. The van der Waals surface area contributed by atoms with E-state index in [0.717, 1.165) is 42.0 Å². The Kier molecular flexibility index (Phi) is 13.0. The summed E-state index contributed by atoms with van der Waals surface area (Å²) in [5.41, 5.74) is 10.4. The van der Waals surface area contributed by atoms with Crippen molar-refractivity contribution in [3.63, 3.8) is 0 Å². The number of ether oxygens (including phenoxy) is 1. The molecule has 0 aliphatic rings. The molecule has 3 N–H and O–H groups in total. The van der Waals surface area contributed by atoms with Gasteiger partial charge in [0.05, 0.1) is 5.56 Å². The van der Waals surface area contributed by atoms with Crippen LogP contribution in [0.3, 0.4) is 0 Å². The van der Waals surface area contributed by atoms with Gasteiger partial charge < -0.3 is 20.7 Å². The summed E-state index contributed by atoms with van der Waals surface area (Å²) in [5.74, 6) is -2.17. The first-order valence-corrected chi connectivity index (χ1v) is 14.8. The van der Waals surface area contributed by atoms with E-state index in [1.54, 1.807) is 23.1 Å². The molecule has 0 fully saturated rings. The van der Waals surface area contributed by atoms with Gasteiger partial charge >= 0.3 is 5.97 Å². The van der Waals surface area contributed by atoms with E-state index in [9.17, 15) is 18.4 Å². The molecule has 0 radical (unpaired) electrons. The molecule has 0 saturated carbocycles. The summed E-state index contributed by atoms with van der Waals surface area (Å²) in [7, 11) is 0. The lowest BCUT2D eigenvalue weighted by Crippen LogP contribution is -2.46. The van der Waals surface area contributed by atoms with Crippen LogP contribution >= 0.6 is 0 Å². The van der Waals surface area contributed by atoms with Crippen LogP contribution in [0.15, 0.2) is 73.3 Å². The minimum Gasteiger partial charge on any atom is -0.456 e. The minimum atomic E-state index is -0.827. The number of amides is 1. The first kappa shape index (κ1) is 33.6. The van der Waals surface area contributed by atoms with Crippen molar-refractivity contribution in [2.75, 3.05) is 19.6 Å². The van der Waals surface area contributed by atoms with Gasteiger partial charge in [-0.05, 0) is 85.2 Å². The fraction of sp³-hybridized carbons (Fsp3) is 0.371. The van der Waals surface area contributed by atoms with Gasteiger partial charge in [0.2, 0.25) is 0 Å². The fourth-order valence-electron chi connectivity index (χ4n) is 5.07. The summed E-state index contributed by atoms with van der Waals surface area (Å²) >= 11 is 0. The quantitative estimate of drug-likeness (QED) is 0.154. The van der Waals surface area contributed by atoms with Crippen LogP contribution in [0, 0.1) is 18.6 Å². The van der Waals surface area contributed by atoms with E-state index < -0.39 is 29.7 Å². The van der Waals surface area contributed by atoms with Crippen LogP contribution in [0.5, 0.6) is 0 Å². The molecule has 0 aromatic heterocycles. The van der Waals surface area contributed by atoms with Crippen molar-refractivity contribution in [2.45, 2.75) is 65.1 Å².